The van der Waals surface area contributed by atoms with Crippen molar-refractivity contribution in [1.29, 1.82) is 16.1 Å². The Hall–Kier alpha value is -1.17. The van der Waals surface area contributed by atoms with Crippen molar-refractivity contribution in [2.75, 3.05) is 0 Å². The van der Waals surface area contributed by atoms with Crippen molar-refractivity contribution in [1.82, 2.24) is 0 Å². The fraction of sp³-hybridized carbons (Fsp3) is 0.250. The first-order chi connectivity index (χ1) is 3.31. The average Bonchev–Trinajstić information content (AvgIpc) is 1.68. The van der Waals surface area contributed by atoms with Gasteiger partial charge >= 0.3 is 0 Å². The van der Waals surface area contributed by atoms with Gasteiger partial charge in [0, 0.05) is 12.6 Å². The molecule has 36 valence electrons. The highest BCUT2D eigenvalue weighted by atomic mass is 14.4. The molecule has 0 heterocycles. The zero-order chi connectivity index (χ0) is 5.70. The minimum atomic E-state index is -0.0602. The third kappa shape index (κ3) is 2.64. The summed E-state index contributed by atoms with van der Waals surface area (Å²) in [4.78, 5) is 0. The van der Waals surface area contributed by atoms with Gasteiger partial charge in [0.15, 0.2) is 0 Å². The van der Waals surface area contributed by atoms with Crippen LogP contribution in [0, 0.1) is 22.1 Å². The first kappa shape index (κ1) is 5.83. The van der Waals surface area contributed by atoms with Crippen LogP contribution in [-0.4, -0.2) is 11.9 Å². The van der Waals surface area contributed by atoms with E-state index in [1.807, 2.05) is 0 Å². The lowest BCUT2D eigenvalue weighted by Crippen LogP contribution is -1.89. The van der Waals surface area contributed by atoms with E-state index in [0.29, 0.717) is 0 Å². The number of nitriles is 1. The number of hydrogen-bond acceptors (Lipinski definition) is 3. The first-order valence-corrected chi connectivity index (χ1v) is 1.77. The Morgan fingerprint density at radius 2 is 2.43 bits per heavy atom. The molecule has 0 aromatic rings. The molecule has 0 aliphatic carbocycles. The van der Waals surface area contributed by atoms with E-state index in [4.69, 9.17) is 16.1 Å². The van der Waals surface area contributed by atoms with Crippen molar-refractivity contribution in [3.63, 3.8) is 0 Å². The highest BCUT2D eigenvalue weighted by Crippen LogP contribution is 1.72. The molecule has 0 spiro atoms. The van der Waals surface area contributed by atoms with Crippen LogP contribution in [0.3, 0.4) is 0 Å². The second-order valence-corrected chi connectivity index (χ2v) is 0.999. The summed E-state index contributed by atoms with van der Waals surface area (Å²) in [5.74, 6) is 0. The monoisotopic (exact) mass is 95.0 g/mol. The first-order valence-electron chi connectivity index (χ1n) is 1.77. The van der Waals surface area contributed by atoms with Crippen LogP contribution < -0.4 is 0 Å². The zero-order valence-corrected chi connectivity index (χ0v) is 3.73. The third-order valence-corrected chi connectivity index (χ3v) is 0.441. The molecule has 0 aliphatic rings. The molecule has 0 rings (SSSR count). The van der Waals surface area contributed by atoms with Gasteiger partial charge in [-0.25, -0.2) is 0 Å². The number of hydrogen-bond donors (Lipinski definition) is 2. The van der Waals surface area contributed by atoms with Crippen molar-refractivity contribution in [3.8, 4) is 6.07 Å². The summed E-state index contributed by atoms with van der Waals surface area (Å²) in [7, 11) is 0. The molecule has 0 unspecified atom stereocenters. The normalized spacial score (nSPS) is 6.71. The second-order valence-electron chi connectivity index (χ2n) is 0.999. The third-order valence-electron chi connectivity index (χ3n) is 0.441. The molecule has 3 heteroatoms. The van der Waals surface area contributed by atoms with Gasteiger partial charge in [0.25, 0.3) is 0 Å². The molecule has 3 nitrogen and oxygen atoms in total. The maximum absolute atomic E-state index is 7.89. The largest absolute Gasteiger partial charge is 0.313 e. The van der Waals surface area contributed by atoms with Crippen LogP contribution in [0.5, 0.6) is 0 Å². The van der Waals surface area contributed by atoms with E-state index < -0.39 is 0 Å². The summed E-state index contributed by atoms with van der Waals surface area (Å²) in [6, 6.07) is 1.60. The van der Waals surface area contributed by atoms with Gasteiger partial charge in [0.1, 0.15) is 11.8 Å². The standard InChI is InChI=1S/C4H5N3/c5-2-1-4(7)3-6/h2,5,7H,1H2. The summed E-state index contributed by atoms with van der Waals surface area (Å²) in [5.41, 5.74) is -0.0602. The maximum Gasteiger partial charge on any atom is 0.114 e. The van der Waals surface area contributed by atoms with Crippen LogP contribution in [0.2, 0.25) is 0 Å². The van der Waals surface area contributed by atoms with Crippen molar-refractivity contribution < 1.29 is 0 Å². The molecule has 0 bridgehead atoms. The Bertz CT molecular complexity index is 119. The smallest absolute Gasteiger partial charge is 0.114 e. The Labute approximate surface area is 41.6 Å². The summed E-state index contributed by atoms with van der Waals surface area (Å²) in [5, 5.41) is 20.9. The van der Waals surface area contributed by atoms with Gasteiger partial charge in [-0.1, -0.05) is 0 Å². The molecule has 0 saturated carbocycles. The van der Waals surface area contributed by atoms with E-state index in [2.05, 4.69) is 0 Å². The quantitative estimate of drug-likeness (QED) is 0.483. The number of nitrogens with one attached hydrogen (secondary N) is 2. The SMILES string of the molecule is N#CC(=N)CC=N. The topological polar surface area (TPSA) is 71.5 Å². The molecule has 0 saturated heterocycles. The molecule has 0 radical (unpaired) electrons. The van der Waals surface area contributed by atoms with Crippen LogP contribution in [0.1, 0.15) is 6.42 Å². The van der Waals surface area contributed by atoms with Crippen LogP contribution in [0.4, 0.5) is 0 Å². The predicted octanol–water partition coefficient (Wildman–Crippen LogP) is 0.569. The lowest BCUT2D eigenvalue weighted by atomic mass is 10.3. The molecular weight excluding hydrogens is 90.1 g/mol. The van der Waals surface area contributed by atoms with Crippen LogP contribution in [0.25, 0.3) is 0 Å². The summed E-state index contributed by atoms with van der Waals surface area (Å²) < 4.78 is 0. The summed E-state index contributed by atoms with van der Waals surface area (Å²) in [6.07, 6.45) is 1.20. The van der Waals surface area contributed by atoms with E-state index in [-0.39, 0.29) is 12.1 Å². The minimum absolute atomic E-state index is 0.0602. The highest BCUT2D eigenvalue weighted by Gasteiger charge is 1.84. The zero-order valence-electron chi connectivity index (χ0n) is 3.73. The summed E-state index contributed by atoms with van der Waals surface area (Å²) >= 11 is 0. The molecule has 0 aliphatic heterocycles. The van der Waals surface area contributed by atoms with E-state index >= 15 is 0 Å². The van der Waals surface area contributed by atoms with Crippen LogP contribution in [-0.2, 0) is 0 Å². The van der Waals surface area contributed by atoms with Gasteiger partial charge < -0.3 is 5.41 Å². The molecule has 0 aromatic carbocycles. The van der Waals surface area contributed by atoms with Gasteiger partial charge in [-0.15, -0.1) is 0 Å². The molecule has 0 aromatic heterocycles. The van der Waals surface area contributed by atoms with Crippen molar-refractivity contribution >= 4 is 11.9 Å². The average molecular weight is 95.1 g/mol. The molecule has 0 atom stereocenters. The fourth-order valence-electron chi connectivity index (χ4n) is 0.148. The van der Waals surface area contributed by atoms with Crippen molar-refractivity contribution in [3.05, 3.63) is 0 Å². The van der Waals surface area contributed by atoms with Gasteiger partial charge in [0.2, 0.25) is 0 Å². The molecule has 2 N–H and O–H groups in total. The van der Waals surface area contributed by atoms with E-state index in [1.54, 1.807) is 6.07 Å². The van der Waals surface area contributed by atoms with Crippen LogP contribution in [0.15, 0.2) is 0 Å². The van der Waals surface area contributed by atoms with Gasteiger partial charge in [-0.2, -0.15) is 5.26 Å². The molecular formula is C4H5N3. The molecule has 7 heavy (non-hydrogen) atoms. The molecule has 0 amide bonds. The molecule has 0 fully saturated rings. The summed E-state index contributed by atoms with van der Waals surface area (Å²) in [6.45, 7) is 0. The Balaban J connectivity index is 3.43. The Kier molecular flexibility index (Phi) is 2.53. The Morgan fingerprint density at radius 3 is 2.57 bits per heavy atom. The minimum Gasteiger partial charge on any atom is -0.313 e. The van der Waals surface area contributed by atoms with E-state index in [0.717, 1.165) is 6.21 Å². The van der Waals surface area contributed by atoms with Gasteiger partial charge in [0.05, 0.1) is 0 Å². The van der Waals surface area contributed by atoms with E-state index in [1.165, 1.54) is 0 Å². The second kappa shape index (κ2) is 3.04. The number of rotatable bonds is 2. The lowest BCUT2D eigenvalue weighted by Gasteiger charge is -1.75. The maximum atomic E-state index is 7.89. The predicted molar refractivity (Wildman–Crippen MR) is 26.7 cm³/mol. The lowest BCUT2D eigenvalue weighted by molar-refractivity contribution is 1.40. The van der Waals surface area contributed by atoms with Crippen molar-refractivity contribution in [2.45, 2.75) is 6.42 Å². The Morgan fingerprint density at radius 1 is 1.86 bits per heavy atom. The van der Waals surface area contributed by atoms with Gasteiger partial charge in [-0.3, -0.25) is 5.41 Å². The number of nitrogens with zero attached hydrogens (tertiary/aromatic N) is 1. The highest BCUT2D eigenvalue weighted by molar-refractivity contribution is 6.03. The van der Waals surface area contributed by atoms with Crippen molar-refractivity contribution in [2.24, 2.45) is 0 Å². The van der Waals surface area contributed by atoms with Crippen LogP contribution >= 0.6 is 0 Å². The fourth-order valence-corrected chi connectivity index (χ4v) is 0.148. The van der Waals surface area contributed by atoms with Gasteiger partial charge in [-0.05, 0) is 0 Å². The van der Waals surface area contributed by atoms with E-state index in [9.17, 15) is 0 Å².